The van der Waals surface area contributed by atoms with Gasteiger partial charge < -0.3 is 15.4 Å². The van der Waals surface area contributed by atoms with E-state index in [2.05, 4.69) is 27.1 Å². The quantitative estimate of drug-likeness (QED) is 0.305. The van der Waals surface area contributed by atoms with E-state index in [9.17, 15) is 4.79 Å². The molecule has 0 aliphatic heterocycles. The Kier molecular flexibility index (Phi) is 11.3. The SMILES string of the molecule is CCNC(=NCc1ccsc1)NCCC(=O)OC(C)C.I. The third-order valence-corrected chi connectivity index (χ3v) is 3.06. The molecule has 21 heavy (non-hydrogen) atoms. The summed E-state index contributed by atoms with van der Waals surface area (Å²) in [6.07, 6.45) is 0.268. The summed E-state index contributed by atoms with van der Waals surface area (Å²) in [4.78, 5) is 15.9. The molecular formula is C14H24IN3O2S. The second kappa shape index (κ2) is 11.8. The van der Waals surface area contributed by atoms with Gasteiger partial charge in [-0.25, -0.2) is 4.99 Å². The lowest BCUT2D eigenvalue weighted by Crippen LogP contribution is -2.38. The average molecular weight is 425 g/mol. The van der Waals surface area contributed by atoms with Crippen LogP contribution in [0, 0.1) is 0 Å². The molecule has 0 amide bonds. The number of rotatable bonds is 7. The summed E-state index contributed by atoms with van der Waals surface area (Å²) in [6.45, 7) is 7.63. The van der Waals surface area contributed by atoms with Crippen molar-refractivity contribution in [3.05, 3.63) is 22.4 Å². The Bertz CT molecular complexity index is 422. The van der Waals surface area contributed by atoms with Gasteiger partial charge in [-0.3, -0.25) is 4.79 Å². The van der Waals surface area contributed by atoms with Crippen LogP contribution in [0.1, 0.15) is 32.8 Å². The maximum atomic E-state index is 11.4. The monoisotopic (exact) mass is 425 g/mol. The molecule has 0 bridgehead atoms. The van der Waals surface area contributed by atoms with Gasteiger partial charge in [0.25, 0.3) is 0 Å². The molecule has 0 aliphatic carbocycles. The first-order chi connectivity index (χ1) is 9.61. The molecule has 0 unspecified atom stereocenters. The number of guanidine groups is 1. The van der Waals surface area contributed by atoms with E-state index < -0.39 is 0 Å². The van der Waals surface area contributed by atoms with E-state index in [1.807, 2.05) is 26.2 Å². The summed E-state index contributed by atoms with van der Waals surface area (Å²) >= 11 is 1.66. The van der Waals surface area contributed by atoms with E-state index in [0.29, 0.717) is 19.5 Å². The highest BCUT2D eigenvalue weighted by molar-refractivity contribution is 14.0. The predicted octanol–water partition coefficient (Wildman–Crippen LogP) is 2.76. The van der Waals surface area contributed by atoms with Crippen LogP contribution < -0.4 is 10.6 Å². The van der Waals surface area contributed by atoms with Gasteiger partial charge in [0, 0.05) is 13.1 Å². The van der Waals surface area contributed by atoms with Crippen molar-refractivity contribution in [1.82, 2.24) is 10.6 Å². The van der Waals surface area contributed by atoms with E-state index in [1.165, 1.54) is 5.56 Å². The number of thiophene rings is 1. The van der Waals surface area contributed by atoms with Crippen LogP contribution in [-0.4, -0.2) is 31.1 Å². The van der Waals surface area contributed by atoms with Crippen LogP contribution in [0.3, 0.4) is 0 Å². The normalized spacial score (nSPS) is 11.0. The zero-order chi connectivity index (χ0) is 14.8. The van der Waals surface area contributed by atoms with Gasteiger partial charge in [-0.2, -0.15) is 11.3 Å². The molecule has 7 heteroatoms. The Hall–Kier alpha value is -0.830. The number of hydrogen-bond donors (Lipinski definition) is 2. The number of carbonyl (C=O) groups excluding carboxylic acids is 1. The molecule has 2 N–H and O–H groups in total. The summed E-state index contributed by atoms with van der Waals surface area (Å²) in [5.41, 5.74) is 1.19. The maximum absolute atomic E-state index is 11.4. The van der Waals surface area contributed by atoms with Crippen LogP contribution in [0.15, 0.2) is 21.8 Å². The van der Waals surface area contributed by atoms with Crippen molar-refractivity contribution in [2.75, 3.05) is 13.1 Å². The first kappa shape index (κ1) is 20.2. The standard InChI is InChI=1S/C14H23N3O2S.HI/c1-4-15-14(17-9-12-6-8-20-10-12)16-7-5-13(18)19-11(2)3;/h6,8,10-11H,4-5,7,9H2,1-3H3,(H2,15,16,17);1H. The number of hydrogen-bond acceptors (Lipinski definition) is 4. The molecule has 1 aromatic rings. The average Bonchev–Trinajstić information content (AvgIpc) is 2.88. The van der Waals surface area contributed by atoms with Gasteiger partial charge in [-0.1, -0.05) is 0 Å². The first-order valence-corrected chi connectivity index (χ1v) is 7.78. The molecule has 1 rings (SSSR count). The minimum Gasteiger partial charge on any atom is -0.463 e. The van der Waals surface area contributed by atoms with Crippen LogP contribution in [0.25, 0.3) is 0 Å². The second-order valence-electron chi connectivity index (χ2n) is 4.54. The molecule has 120 valence electrons. The van der Waals surface area contributed by atoms with E-state index in [1.54, 1.807) is 11.3 Å². The van der Waals surface area contributed by atoms with E-state index >= 15 is 0 Å². The van der Waals surface area contributed by atoms with Crippen molar-refractivity contribution in [3.63, 3.8) is 0 Å². The fourth-order valence-corrected chi connectivity index (χ4v) is 2.16. The number of esters is 1. The highest BCUT2D eigenvalue weighted by atomic mass is 127. The fraction of sp³-hybridized carbons (Fsp3) is 0.571. The van der Waals surface area contributed by atoms with Gasteiger partial charge in [0.15, 0.2) is 5.96 Å². The minimum atomic E-state index is -0.193. The molecule has 0 fully saturated rings. The van der Waals surface area contributed by atoms with Gasteiger partial charge in [0.05, 0.1) is 19.1 Å². The van der Waals surface area contributed by atoms with Gasteiger partial charge in [-0.05, 0) is 43.2 Å². The van der Waals surface area contributed by atoms with Gasteiger partial charge in [0.2, 0.25) is 0 Å². The minimum absolute atomic E-state index is 0. The topological polar surface area (TPSA) is 62.7 Å². The summed E-state index contributed by atoms with van der Waals surface area (Å²) in [5, 5.41) is 10.4. The van der Waals surface area contributed by atoms with E-state index in [4.69, 9.17) is 4.74 Å². The van der Waals surface area contributed by atoms with Crippen molar-refractivity contribution in [2.45, 2.75) is 39.8 Å². The van der Waals surface area contributed by atoms with Crippen LogP contribution in [-0.2, 0) is 16.1 Å². The Morgan fingerprint density at radius 1 is 1.43 bits per heavy atom. The van der Waals surface area contributed by atoms with Crippen molar-refractivity contribution in [2.24, 2.45) is 4.99 Å². The van der Waals surface area contributed by atoms with Crippen LogP contribution in [0.4, 0.5) is 0 Å². The highest BCUT2D eigenvalue weighted by Crippen LogP contribution is 2.06. The maximum Gasteiger partial charge on any atom is 0.307 e. The molecule has 0 aliphatic rings. The van der Waals surface area contributed by atoms with Crippen molar-refractivity contribution >= 4 is 47.2 Å². The number of ether oxygens (including phenoxy) is 1. The smallest absolute Gasteiger partial charge is 0.307 e. The van der Waals surface area contributed by atoms with Crippen LogP contribution in [0.5, 0.6) is 0 Å². The molecule has 0 atom stereocenters. The van der Waals surface area contributed by atoms with Gasteiger partial charge in [-0.15, -0.1) is 24.0 Å². The fourth-order valence-electron chi connectivity index (χ4n) is 1.50. The summed E-state index contributed by atoms with van der Waals surface area (Å²) in [5.74, 6) is 0.525. The van der Waals surface area contributed by atoms with E-state index in [-0.39, 0.29) is 36.0 Å². The molecule has 5 nitrogen and oxygen atoms in total. The Morgan fingerprint density at radius 2 is 2.19 bits per heavy atom. The Morgan fingerprint density at radius 3 is 2.76 bits per heavy atom. The molecule has 0 saturated heterocycles. The lowest BCUT2D eigenvalue weighted by atomic mass is 10.3. The lowest BCUT2D eigenvalue weighted by molar-refractivity contribution is -0.147. The number of halogens is 1. The van der Waals surface area contributed by atoms with Crippen LogP contribution >= 0.6 is 35.3 Å². The number of nitrogens with zero attached hydrogens (tertiary/aromatic N) is 1. The lowest BCUT2D eigenvalue weighted by Gasteiger charge is -2.11. The first-order valence-electron chi connectivity index (χ1n) is 6.84. The third kappa shape index (κ3) is 9.67. The number of carbonyl (C=O) groups is 1. The number of aliphatic imine (C=N–C) groups is 1. The zero-order valence-electron chi connectivity index (χ0n) is 12.7. The highest BCUT2D eigenvalue weighted by Gasteiger charge is 2.05. The Labute approximate surface area is 147 Å². The molecule has 0 saturated carbocycles. The Balaban J connectivity index is 0.00000400. The zero-order valence-corrected chi connectivity index (χ0v) is 15.9. The summed E-state index contributed by atoms with van der Waals surface area (Å²) < 4.78 is 5.07. The molecule has 1 aromatic heterocycles. The number of nitrogens with one attached hydrogen (secondary N) is 2. The second-order valence-corrected chi connectivity index (χ2v) is 5.32. The predicted molar refractivity (Wildman–Crippen MR) is 98.4 cm³/mol. The third-order valence-electron chi connectivity index (χ3n) is 2.33. The largest absolute Gasteiger partial charge is 0.463 e. The molecule has 0 spiro atoms. The van der Waals surface area contributed by atoms with Crippen molar-refractivity contribution < 1.29 is 9.53 Å². The van der Waals surface area contributed by atoms with Crippen molar-refractivity contribution in [1.29, 1.82) is 0 Å². The molecule has 0 aromatic carbocycles. The molecule has 0 radical (unpaired) electrons. The van der Waals surface area contributed by atoms with E-state index in [0.717, 1.165) is 12.5 Å². The molecule has 1 heterocycles. The molecular weight excluding hydrogens is 401 g/mol. The summed E-state index contributed by atoms with van der Waals surface area (Å²) in [7, 11) is 0. The van der Waals surface area contributed by atoms with Gasteiger partial charge >= 0.3 is 5.97 Å². The van der Waals surface area contributed by atoms with Crippen LogP contribution in [0.2, 0.25) is 0 Å². The van der Waals surface area contributed by atoms with Gasteiger partial charge in [0.1, 0.15) is 0 Å². The summed E-state index contributed by atoms with van der Waals surface area (Å²) in [6, 6.07) is 2.05. The van der Waals surface area contributed by atoms with Crippen molar-refractivity contribution in [3.8, 4) is 0 Å².